The van der Waals surface area contributed by atoms with E-state index in [4.69, 9.17) is 8.94 Å². The van der Waals surface area contributed by atoms with Gasteiger partial charge in [0, 0.05) is 17.9 Å². The molecule has 1 aliphatic carbocycles. The van der Waals surface area contributed by atoms with Gasteiger partial charge in [0.2, 0.25) is 17.7 Å². The van der Waals surface area contributed by atoms with Crippen molar-refractivity contribution in [1.82, 2.24) is 25.2 Å². The van der Waals surface area contributed by atoms with Crippen LogP contribution in [0.2, 0.25) is 0 Å². The molecule has 0 bridgehead atoms. The van der Waals surface area contributed by atoms with Gasteiger partial charge < -0.3 is 8.94 Å². The fraction of sp³-hybridized carbons (Fsp3) is 0.545. The third-order valence-corrected chi connectivity index (χ3v) is 6.26. The molecule has 152 valence electrons. The quantitative estimate of drug-likeness (QED) is 0.624. The number of hydrogen-bond acceptors (Lipinski definition) is 7. The van der Waals surface area contributed by atoms with Crippen molar-refractivity contribution in [2.45, 2.75) is 52.0 Å². The molecule has 1 saturated carbocycles. The molecule has 3 heterocycles. The fourth-order valence-corrected chi connectivity index (χ4v) is 4.47. The van der Waals surface area contributed by atoms with Gasteiger partial charge in [-0.1, -0.05) is 37.2 Å². The number of hydrogen-bond donors (Lipinski definition) is 0. The normalized spacial score (nSPS) is 21.1. The molecule has 1 aliphatic heterocycles. The Morgan fingerprint density at radius 3 is 2.69 bits per heavy atom. The van der Waals surface area contributed by atoms with Crippen LogP contribution in [0.3, 0.4) is 0 Å². The van der Waals surface area contributed by atoms with Gasteiger partial charge >= 0.3 is 0 Å². The first-order chi connectivity index (χ1) is 14.1. The second-order valence-electron chi connectivity index (χ2n) is 8.91. The van der Waals surface area contributed by atoms with Crippen molar-refractivity contribution in [2.75, 3.05) is 13.1 Å². The predicted octanol–water partition coefficient (Wildman–Crippen LogP) is 4.09. The lowest BCUT2D eigenvalue weighted by atomic mass is 9.91. The minimum atomic E-state index is 0.328. The summed E-state index contributed by atoms with van der Waals surface area (Å²) in [6.45, 7) is 7.15. The molecule has 2 aromatic heterocycles. The van der Waals surface area contributed by atoms with Gasteiger partial charge in [0.25, 0.3) is 0 Å². The van der Waals surface area contributed by atoms with Crippen molar-refractivity contribution in [1.29, 1.82) is 0 Å². The molecule has 0 radical (unpaired) electrons. The minimum Gasteiger partial charge on any atom is -0.420 e. The average molecular weight is 393 g/mol. The van der Waals surface area contributed by atoms with Crippen LogP contribution in [0.4, 0.5) is 0 Å². The zero-order valence-electron chi connectivity index (χ0n) is 17.0. The van der Waals surface area contributed by atoms with Crippen molar-refractivity contribution in [3.05, 3.63) is 47.9 Å². The topological polar surface area (TPSA) is 81.1 Å². The second-order valence-corrected chi connectivity index (χ2v) is 8.91. The molecular formula is C22H27N5O2. The lowest BCUT2D eigenvalue weighted by molar-refractivity contribution is 0.144. The molecule has 29 heavy (non-hydrogen) atoms. The van der Waals surface area contributed by atoms with E-state index in [1.54, 1.807) is 0 Å². The smallest absolute Gasteiger partial charge is 0.247 e. The van der Waals surface area contributed by atoms with Crippen LogP contribution in [0, 0.1) is 11.3 Å². The maximum absolute atomic E-state index is 6.01. The molecule has 2 fully saturated rings. The molecule has 2 aliphatic rings. The third kappa shape index (κ3) is 3.83. The summed E-state index contributed by atoms with van der Waals surface area (Å²) in [5.74, 6) is 3.90. The van der Waals surface area contributed by atoms with Crippen LogP contribution >= 0.6 is 0 Å². The summed E-state index contributed by atoms with van der Waals surface area (Å²) < 4.78 is 11.4. The summed E-state index contributed by atoms with van der Waals surface area (Å²) in [7, 11) is 0. The number of aromatic nitrogens is 4. The van der Waals surface area contributed by atoms with Crippen LogP contribution in [0.25, 0.3) is 11.5 Å². The van der Waals surface area contributed by atoms with Gasteiger partial charge in [0.1, 0.15) is 0 Å². The summed E-state index contributed by atoms with van der Waals surface area (Å²) in [6, 6.07) is 9.97. The van der Waals surface area contributed by atoms with E-state index in [0.29, 0.717) is 23.1 Å². The van der Waals surface area contributed by atoms with E-state index in [9.17, 15) is 0 Å². The van der Waals surface area contributed by atoms with Gasteiger partial charge in [-0.3, -0.25) is 4.90 Å². The number of benzene rings is 1. The molecule has 7 heteroatoms. The van der Waals surface area contributed by atoms with E-state index in [1.807, 2.05) is 30.3 Å². The molecule has 7 nitrogen and oxygen atoms in total. The van der Waals surface area contributed by atoms with Crippen LogP contribution in [-0.2, 0) is 13.0 Å². The monoisotopic (exact) mass is 393 g/mol. The molecule has 1 atom stereocenters. The zero-order chi connectivity index (χ0) is 19.8. The Labute approximate surface area is 170 Å². The summed E-state index contributed by atoms with van der Waals surface area (Å²) >= 11 is 0. The highest BCUT2D eigenvalue weighted by Gasteiger charge is 2.58. The van der Waals surface area contributed by atoms with Crippen LogP contribution < -0.4 is 0 Å². The number of likely N-dealkylation sites (tertiary alicyclic amines) is 1. The maximum atomic E-state index is 6.01. The van der Waals surface area contributed by atoms with E-state index in [2.05, 4.69) is 39.1 Å². The summed E-state index contributed by atoms with van der Waals surface area (Å²) in [5.41, 5.74) is 1.31. The van der Waals surface area contributed by atoms with Gasteiger partial charge in [-0.2, -0.15) is 4.98 Å². The first-order valence-electron chi connectivity index (χ1n) is 10.5. The average Bonchev–Trinajstić information content (AvgIpc) is 3.07. The number of piperidine rings is 1. The largest absolute Gasteiger partial charge is 0.420 e. The lowest BCUT2D eigenvalue weighted by Gasteiger charge is -2.31. The maximum Gasteiger partial charge on any atom is 0.247 e. The molecule has 0 unspecified atom stereocenters. The molecule has 3 aromatic rings. The highest BCUT2D eigenvalue weighted by Crippen LogP contribution is 2.64. The molecule has 0 amide bonds. The summed E-state index contributed by atoms with van der Waals surface area (Å²) in [5, 5.41) is 12.7. The second kappa shape index (κ2) is 7.37. The third-order valence-electron chi connectivity index (χ3n) is 6.26. The van der Waals surface area contributed by atoms with Crippen molar-refractivity contribution in [3.63, 3.8) is 0 Å². The van der Waals surface area contributed by atoms with Gasteiger partial charge in [-0.15, -0.1) is 10.2 Å². The lowest BCUT2D eigenvalue weighted by Crippen LogP contribution is -2.34. The molecule has 1 saturated heterocycles. The van der Waals surface area contributed by atoms with Gasteiger partial charge in [0.15, 0.2) is 5.82 Å². The van der Waals surface area contributed by atoms with Crippen molar-refractivity contribution >= 4 is 0 Å². The molecule has 5 rings (SSSR count). The SMILES string of the molecule is CC(C)Cc1noc(CN2CCC3(CC2)C[C@H]3c2nnc(-c3ccccc3)o2)n1. The van der Waals surface area contributed by atoms with E-state index in [-0.39, 0.29) is 0 Å². The molecular weight excluding hydrogens is 366 g/mol. The van der Waals surface area contributed by atoms with Gasteiger partial charge in [-0.05, 0) is 55.8 Å². The fourth-order valence-electron chi connectivity index (χ4n) is 4.47. The zero-order valence-corrected chi connectivity index (χ0v) is 17.0. The van der Waals surface area contributed by atoms with E-state index in [0.717, 1.165) is 68.5 Å². The Morgan fingerprint density at radius 1 is 1.14 bits per heavy atom. The van der Waals surface area contributed by atoms with Crippen LogP contribution in [-0.4, -0.2) is 38.3 Å². The predicted molar refractivity (Wildman–Crippen MR) is 107 cm³/mol. The standard InChI is InChI=1S/C22H27N5O2/c1-15(2)12-18-23-19(29-26-18)14-27-10-8-22(9-11-27)13-17(22)21-25-24-20(28-21)16-6-4-3-5-7-16/h3-7,15,17H,8-14H2,1-2H3/t17-/m0/s1. The van der Waals surface area contributed by atoms with E-state index in [1.165, 1.54) is 0 Å². The first kappa shape index (κ1) is 18.5. The van der Waals surface area contributed by atoms with Gasteiger partial charge in [-0.25, -0.2) is 0 Å². The Bertz CT molecular complexity index is 957. The first-order valence-corrected chi connectivity index (χ1v) is 10.5. The Morgan fingerprint density at radius 2 is 1.93 bits per heavy atom. The van der Waals surface area contributed by atoms with E-state index < -0.39 is 0 Å². The molecule has 0 N–H and O–H groups in total. The summed E-state index contributed by atoms with van der Waals surface area (Å²) in [6.07, 6.45) is 4.31. The number of rotatable bonds is 6. The van der Waals surface area contributed by atoms with Crippen molar-refractivity contribution < 1.29 is 8.94 Å². The molecule has 1 spiro atoms. The Balaban J connectivity index is 1.17. The highest BCUT2D eigenvalue weighted by molar-refractivity contribution is 5.51. The highest BCUT2D eigenvalue weighted by atomic mass is 16.5. The Hall–Kier alpha value is -2.54. The van der Waals surface area contributed by atoms with E-state index >= 15 is 0 Å². The molecule has 1 aromatic carbocycles. The Kier molecular flexibility index (Phi) is 4.70. The van der Waals surface area contributed by atoms with Crippen molar-refractivity contribution in [2.24, 2.45) is 11.3 Å². The summed E-state index contributed by atoms with van der Waals surface area (Å²) in [4.78, 5) is 6.95. The van der Waals surface area contributed by atoms with Crippen molar-refractivity contribution in [3.8, 4) is 11.5 Å². The van der Waals surface area contributed by atoms with Crippen LogP contribution in [0.5, 0.6) is 0 Å². The van der Waals surface area contributed by atoms with Crippen LogP contribution in [0.15, 0.2) is 39.3 Å². The number of nitrogens with zero attached hydrogens (tertiary/aromatic N) is 5. The van der Waals surface area contributed by atoms with Gasteiger partial charge in [0.05, 0.1) is 6.54 Å². The van der Waals surface area contributed by atoms with Crippen LogP contribution in [0.1, 0.15) is 56.6 Å². The minimum absolute atomic E-state index is 0.328.